The molecule has 0 radical (unpaired) electrons. The number of rotatable bonds is 4. The molecule has 1 saturated heterocycles. The number of anilines is 1. The monoisotopic (exact) mass is 279 g/mol. The number of hydrogen-bond donors (Lipinski definition) is 2. The summed E-state index contributed by atoms with van der Waals surface area (Å²) in [5, 5.41) is 16.5. The van der Waals surface area contributed by atoms with E-state index >= 15 is 0 Å². The highest BCUT2D eigenvalue weighted by molar-refractivity contribution is 5.95. The summed E-state index contributed by atoms with van der Waals surface area (Å²) in [6.45, 7) is 1.21. The molecule has 1 unspecified atom stereocenters. The van der Waals surface area contributed by atoms with Gasteiger partial charge in [0.2, 0.25) is 0 Å². The fraction of sp³-hybridized carbons (Fsp3) is 0.462. The van der Waals surface area contributed by atoms with Crippen LogP contribution in [0.1, 0.15) is 23.2 Å². The molecule has 0 aromatic heterocycles. The summed E-state index contributed by atoms with van der Waals surface area (Å²) in [5.41, 5.74) is 0.550. The average Bonchev–Trinajstić information content (AvgIpc) is 2.47. The maximum absolute atomic E-state index is 12.1. The lowest BCUT2D eigenvalue weighted by Crippen LogP contribution is -2.40. The van der Waals surface area contributed by atoms with E-state index in [1.54, 1.807) is 13.1 Å². The van der Waals surface area contributed by atoms with Gasteiger partial charge in [-0.05, 0) is 25.0 Å². The topological polar surface area (TPSA) is 93.5 Å². The van der Waals surface area contributed by atoms with Crippen molar-refractivity contribution in [1.29, 1.82) is 0 Å². The fourth-order valence-electron chi connectivity index (χ4n) is 2.16. The third kappa shape index (κ3) is 3.24. The second kappa shape index (κ2) is 6.33. The second-order valence-corrected chi connectivity index (χ2v) is 4.63. The summed E-state index contributed by atoms with van der Waals surface area (Å²) in [6, 6.07) is 4.35. The number of ether oxygens (including phenoxy) is 1. The highest BCUT2D eigenvalue weighted by Crippen LogP contribution is 2.25. The van der Waals surface area contributed by atoms with E-state index in [2.05, 4.69) is 10.6 Å². The first-order valence-electron chi connectivity index (χ1n) is 6.46. The molecule has 7 nitrogen and oxygen atoms in total. The van der Waals surface area contributed by atoms with E-state index < -0.39 is 4.92 Å². The first-order chi connectivity index (χ1) is 9.61. The Morgan fingerprint density at radius 1 is 1.50 bits per heavy atom. The van der Waals surface area contributed by atoms with Gasteiger partial charge in [-0.3, -0.25) is 14.9 Å². The van der Waals surface area contributed by atoms with Gasteiger partial charge in [0.15, 0.2) is 0 Å². The Bertz CT molecular complexity index is 512. The van der Waals surface area contributed by atoms with Crippen LogP contribution in [0, 0.1) is 10.1 Å². The number of carbonyl (C=O) groups is 1. The molecular weight excluding hydrogens is 262 g/mol. The Labute approximate surface area is 116 Å². The summed E-state index contributed by atoms with van der Waals surface area (Å²) in [7, 11) is 1.60. The Morgan fingerprint density at radius 2 is 2.30 bits per heavy atom. The molecule has 1 heterocycles. The lowest BCUT2D eigenvalue weighted by atomic mass is 10.1. The van der Waals surface area contributed by atoms with E-state index in [1.165, 1.54) is 12.1 Å². The molecule has 0 bridgehead atoms. The molecule has 20 heavy (non-hydrogen) atoms. The van der Waals surface area contributed by atoms with Crippen LogP contribution in [-0.2, 0) is 4.74 Å². The lowest BCUT2D eigenvalue weighted by Gasteiger charge is -2.23. The molecule has 0 aliphatic carbocycles. The van der Waals surface area contributed by atoms with Gasteiger partial charge in [0.05, 0.1) is 17.6 Å². The number of nitro benzene ring substituents is 1. The molecule has 1 amide bonds. The minimum absolute atomic E-state index is 0.0284. The van der Waals surface area contributed by atoms with Crippen molar-refractivity contribution in [2.45, 2.75) is 18.9 Å². The highest BCUT2D eigenvalue weighted by atomic mass is 16.6. The molecule has 1 aliphatic heterocycles. The largest absolute Gasteiger partial charge is 0.383 e. The van der Waals surface area contributed by atoms with Crippen molar-refractivity contribution in [3.05, 3.63) is 33.9 Å². The zero-order valence-corrected chi connectivity index (χ0v) is 11.2. The molecule has 1 aromatic carbocycles. The summed E-state index contributed by atoms with van der Waals surface area (Å²) < 4.78 is 5.28. The Morgan fingerprint density at radius 3 is 2.90 bits per heavy atom. The summed E-state index contributed by atoms with van der Waals surface area (Å²) in [5.74, 6) is -0.314. The summed E-state index contributed by atoms with van der Waals surface area (Å²) >= 11 is 0. The molecule has 1 fully saturated rings. The summed E-state index contributed by atoms with van der Waals surface area (Å²) in [4.78, 5) is 22.5. The fourth-order valence-corrected chi connectivity index (χ4v) is 2.16. The van der Waals surface area contributed by atoms with Crippen molar-refractivity contribution in [2.24, 2.45) is 0 Å². The Balaban J connectivity index is 2.13. The molecule has 2 rings (SSSR count). The van der Waals surface area contributed by atoms with Gasteiger partial charge >= 0.3 is 0 Å². The Kier molecular flexibility index (Phi) is 4.52. The third-order valence-corrected chi connectivity index (χ3v) is 3.22. The van der Waals surface area contributed by atoms with Crippen LogP contribution in [0.5, 0.6) is 0 Å². The molecular formula is C13H17N3O4. The maximum atomic E-state index is 12.1. The molecule has 1 aliphatic rings. The van der Waals surface area contributed by atoms with Crippen LogP contribution in [0.2, 0.25) is 0 Å². The van der Waals surface area contributed by atoms with Gasteiger partial charge in [0.25, 0.3) is 11.6 Å². The maximum Gasteiger partial charge on any atom is 0.293 e. The van der Waals surface area contributed by atoms with Crippen LogP contribution in [0.15, 0.2) is 18.2 Å². The van der Waals surface area contributed by atoms with E-state index in [4.69, 9.17) is 4.74 Å². The minimum Gasteiger partial charge on any atom is -0.383 e. The first-order valence-corrected chi connectivity index (χ1v) is 6.46. The number of nitrogens with zero attached hydrogens (tertiary/aromatic N) is 1. The molecule has 0 spiro atoms. The Hall–Kier alpha value is -2.15. The van der Waals surface area contributed by atoms with Gasteiger partial charge in [0.1, 0.15) is 5.69 Å². The van der Waals surface area contributed by atoms with Gasteiger partial charge < -0.3 is 15.4 Å². The molecule has 108 valence electrons. The van der Waals surface area contributed by atoms with Crippen LogP contribution in [-0.4, -0.2) is 37.1 Å². The van der Waals surface area contributed by atoms with E-state index in [1.807, 2.05) is 0 Å². The molecule has 0 saturated carbocycles. The third-order valence-electron chi connectivity index (χ3n) is 3.22. The van der Waals surface area contributed by atoms with E-state index in [0.29, 0.717) is 18.9 Å². The first kappa shape index (κ1) is 14.3. The van der Waals surface area contributed by atoms with Gasteiger partial charge in [-0.2, -0.15) is 0 Å². The van der Waals surface area contributed by atoms with Gasteiger partial charge in [-0.1, -0.05) is 0 Å². The van der Waals surface area contributed by atoms with Crippen LogP contribution in [0.4, 0.5) is 11.4 Å². The predicted molar refractivity (Wildman–Crippen MR) is 74.0 cm³/mol. The van der Waals surface area contributed by atoms with Gasteiger partial charge in [-0.15, -0.1) is 0 Å². The van der Waals surface area contributed by atoms with Crippen LogP contribution < -0.4 is 10.6 Å². The van der Waals surface area contributed by atoms with Crippen LogP contribution in [0.3, 0.4) is 0 Å². The number of benzene rings is 1. The van der Waals surface area contributed by atoms with E-state index in [0.717, 1.165) is 12.8 Å². The van der Waals surface area contributed by atoms with Crippen molar-refractivity contribution in [2.75, 3.05) is 25.6 Å². The van der Waals surface area contributed by atoms with Gasteiger partial charge in [-0.25, -0.2) is 0 Å². The quantitative estimate of drug-likeness (QED) is 0.644. The van der Waals surface area contributed by atoms with Gasteiger partial charge in [0, 0.05) is 25.3 Å². The standard InChI is InChI=1S/C13H17N3O4/c1-14-11-5-4-9(7-12(11)16(18)19)13(17)15-10-3-2-6-20-8-10/h4-5,7,10,14H,2-3,6,8H2,1H3,(H,15,17). The number of nitrogens with one attached hydrogen (secondary N) is 2. The average molecular weight is 279 g/mol. The zero-order chi connectivity index (χ0) is 14.5. The van der Waals surface area contributed by atoms with Crippen molar-refractivity contribution in [3.63, 3.8) is 0 Å². The number of carbonyl (C=O) groups excluding carboxylic acids is 1. The van der Waals surface area contributed by atoms with Crippen molar-refractivity contribution < 1.29 is 14.5 Å². The number of nitro groups is 1. The number of hydrogen-bond acceptors (Lipinski definition) is 5. The molecule has 2 N–H and O–H groups in total. The second-order valence-electron chi connectivity index (χ2n) is 4.63. The normalized spacial score (nSPS) is 18.4. The molecule has 1 atom stereocenters. The van der Waals surface area contributed by atoms with E-state index in [-0.39, 0.29) is 23.2 Å². The van der Waals surface area contributed by atoms with Crippen LogP contribution in [0.25, 0.3) is 0 Å². The predicted octanol–water partition coefficient (Wildman–Crippen LogP) is 1.55. The van der Waals surface area contributed by atoms with Crippen molar-refractivity contribution >= 4 is 17.3 Å². The zero-order valence-electron chi connectivity index (χ0n) is 11.2. The lowest BCUT2D eigenvalue weighted by molar-refractivity contribution is -0.384. The van der Waals surface area contributed by atoms with Crippen molar-refractivity contribution in [3.8, 4) is 0 Å². The molecule has 7 heteroatoms. The minimum atomic E-state index is -0.508. The number of amides is 1. The summed E-state index contributed by atoms with van der Waals surface area (Å²) in [6.07, 6.45) is 1.77. The SMILES string of the molecule is CNc1ccc(C(=O)NC2CCCOC2)cc1[N+](=O)[O-]. The molecule has 1 aromatic rings. The smallest absolute Gasteiger partial charge is 0.293 e. The van der Waals surface area contributed by atoms with Crippen LogP contribution >= 0.6 is 0 Å². The van der Waals surface area contributed by atoms with E-state index in [9.17, 15) is 14.9 Å². The highest BCUT2D eigenvalue weighted by Gasteiger charge is 2.20. The van der Waals surface area contributed by atoms with Crippen molar-refractivity contribution in [1.82, 2.24) is 5.32 Å².